The Morgan fingerprint density at radius 1 is 1.06 bits per heavy atom. The lowest BCUT2D eigenvalue weighted by molar-refractivity contribution is -0.140. The third-order valence-electron chi connectivity index (χ3n) is 1.51. The first kappa shape index (κ1) is 17.3. The van der Waals surface area contributed by atoms with E-state index in [4.69, 9.17) is 5.73 Å². The molecule has 4 nitrogen and oxygen atoms in total. The molecule has 8 heteroatoms. The Kier molecular flexibility index (Phi) is 12.3. The summed E-state index contributed by atoms with van der Waals surface area (Å²) in [6, 6.07) is 0. The highest BCUT2D eigenvalue weighted by Crippen LogP contribution is 2.20. The van der Waals surface area contributed by atoms with Crippen molar-refractivity contribution in [2.75, 3.05) is 33.5 Å². The number of amides is 2. The quantitative estimate of drug-likeness (QED) is 0.243. The molecule has 0 radical (unpaired) electrons. The molecule has 0 fully saturated rings. The van der Waals surface area contributed by atoms with Gasteiger partial charge in [-0.3, -0.25) is 14.5 Å². The maximum Gasteiger partial charge on any atom is 0.239 e. The first-order chi connectivity index (χ1) is 7.67. The third kappa shape index (κ3) is 7.56. The van der Waals surface area contributed by atoms with Crippen molar-refractivity contribution in [2.24, 2.45) is 5.73 Å². The number of hydrogen-bond donors (Lipinski definition) is 1. The minimum atomic E-state index is -0.105. The average Bonchev–Trinajstić information content (AvgIpc) is 2.32. The van der Waals surface area contributed by atoms with Gasteiger partial charge in [-0.1, -0.05) is 66.8 Å². The lowest BCUT2D eigenvalue weighted by Crippen LogP contribution is -2.39. The maximum atomic E-state index is 11.5. The molecule has 0 heterocycles. The van der Waals surface area contributed by atoms with Crippen LogP contribution in [0.2, 0.25) is 0 Å². The van der Waals surface area contributed by atoms with Gasteiger partial charge in [-0.05, 0) is 0 Å². The molecule has 0 aromatic rings. The standard InChI is InChI=1S/C8H14I2N2O2S2/c9-5-7(13)12(8(14)6-10)2-4-16-15-3-1-11/h1-6,11H2. The number of halogens is 2. The van der Waals surface area contributed by atoms with Crippen LogP contribution in [0.5, 0.6) is 0 Å². The molecule has 2 N–H and O–H groups in total. The van der Waals surface area contributed by atoms with Gasteiger partial charge in [0.15, 0.2) is 0 Å². The van der Waals surface area contributed by atoms with E-state index in [2.05, 4.69) is 0 Å². The molecule has 0 spiro atoms. The van der Waals surface area contributed by atoms with E-state index >= 15 is 0 Å². The zero-order chi connectivity index (χ0) is 12.4. The summed E-state index contributed by atoms with van der Waals surface area (Å²) in [7, 11) is 3.32. The Labute approximate surface area is 131 Å². The molecule has 0 atom stereocenters. The normalized spacial score (nSPS) is 10.2. The molecule has 0 aromatic carbocycles. The number of nitrogens with zero attached hydrogens (tertiary/aromatic N) is 1. The van der Waals surface area contributed by atoms with Gasteiger partial charge in [0, 0.05) is 24.6 Å². The molecule has 16 heavy (non-hydrogen) atoms. The van der Waals surface area contributed by atoms with E-state index in [0.29, 0.717) is 21.9 Å². The highest BCUT2D eigenvalue weighted by Gasteiger charge is 2.18. The third-order valence-corrected chi connectivity index (χ3v) is 5.24. The molecule has 0 aliphatic carbocycles. The van der Waals surface area contributed by atoms with Crippen LogP contribution in [0, 0.1) is 0 Å². The van der Waals surface area contributed by atoms with E-state index < -0.39 is 0 Å². The first-order valence-electron chi connectivity index (χ1n) is 4.57. The van der Waals surface area contributed by atoms with E-state index in [-0.39, 0.29) is 11.8 Å². The maximum absolute atomic E-state index is 11.5. The zero-order valence-electron chi connectivity index (χ0n) is 8.66. The zero-order valence-corrected chi connectivity index (χ0v) is 14.6. The van der Waals surface area contributed by atoms with Crippen LogP contribution in [0.15, 0.2) is 0 Å². The predicted molar refractivity (Wildman–Crippen MR) is 88.5 cm³/mol. The van der Waals surface area contributed by atoms with Crippen LogP contribution >= 0.6 is 66.8 Å². The Morgan fingerprint density at radius 2 is 1.56 bits per heavy atom. The van der Waals surface area contributed by atoms with Gasteiger partial charge in [-0.25, -0.2) is 0 Å². The first-order valence-corrected chi connectivity index (χ1v) is 10.1. The Bertz CT molecular complexity index is 216. The van der Waals surface area contributed by atoms with Crippen molar-refractivity contribution in [1.29, 1.82) is 0 Å². The summed E-state index contributed by atoms with van der Waals surface area (Å²) < 4.78 is 0.696. The summed E-state index contributed by atoms with van der Waals surface area (Å²) in [5.74, 6) is 1.44. The van der Waals surface area contributed by atoms with Gasteiger partial charge in [0.25, 0.3) is 0 Å². The molecular weight excluding hydrogens is 474 g/mol. The predicted octanol–water partition coefficient (Wildman–Crippen LogP) is 1.55. The number of carbonyl (C=O) groups is 2. The van der Waals surface area contributed by atoms with Crippen molar-refractivity contribution in [1.82, 2.24) is 4.90 Å². The number of nitrogens with two attached hydrogens (primary N) is 1. The molecule has 0 saturated heterocycles. The second kappa shape index (κ2) is 11.4. The number of carbonyl (C=O) groups excluding carboxylic acids is 2. The molecule has 94 valence electrons. The van der Waals surface area contributed by atoms with Crippen LogP contribution in [0.3, 0.4) is 0 Å². The van der Waals surface area contributed by atoms with E-state index in [9.17, 15) is 9.59 Å². The van der Waals surface area contributed by atoms with E-state index in [1.54, 1.807) is 21.6 Å². The summed E-state index contributed by atoms with van der Waals surface area (Å²) in [6.45, 7) is 1.15. The van der Waals surface area contributed by atoms with Gasteiger partial charge in [0.1, 0.15) is 0 Å². The summed E-state index contributed by atoms with van der Waals surface area (Å²) in [6.07, 6.45) is 0. The number of imide groups is 1. The molecule has 0 aliphatic rings. The molecule has 0 bridgehead atoms. The van der Waals surface area contributed by atoms with Crippen LogP contribution < -0.4 is 5.73 Å². The smallest absolute Gasteiger partial charge is 0.239 e. The van der Waals surface area contributed by atoms with Gasteiger partial charge < -0.3 is 5.73 Å². The van der Waals surface area contributed by atoms with Crippen molar-refractivity contribution in [3.8, 4) is 0 Å². The van der Waals surface area contributed by atoms with Crippen LogP contribution in [-0.4, -0.2) is 50.2 Å². The van der Waals surface area contributed by atoms with Crippen LogP contribution in [0.25, 0.3) is 0 Å². The van der Waals surface area contributed by atoms with E-state index in [1.165, 1.54) is 4.90 Å². The van der Waals surface area contributed by atoms with Crippen molar-refractivity contribution in [3.63, 3.8) is 0 Å². The second-order valence-electron chi connectivity index (χ2n) is 2.64. The minimum absolute atomic E-state index is 0.105. The molecule has 0 aromatic heterocycles. The fraction of sp³-hybridized carbons (Fsp3) is 0.750. The average molecular weight is 488 g/mol. The van der Waals surface area contributed by atoms with Crippen molar-refractivity contribution in [2.45, 2.75) is 0 Å². The Hall–Kier alpha value is 1.26. The fourth-order valence-electron chi connectivity index (χ4n) is 0.827. The van der Waals surface area contributed by atoms with E-state index in [1.807, 2.05) is 45.2 Å². The highest BCUT2D eigenvalue weighted by molar-refractivity contribution is 14.1. The SMILES string of the molecule is NCCSSCCN(C(=O)CI)C(=O)CI. The molecule has 0 aliphatic heterocycles. The lowest BCUT2D eigenvalue weighted by atomic mass is 10.5. The molecule has 0 saturated carbocycles. The number of alkyl halides is 2. The summed E-state index contributed by atoms with van der Waals surface area (Å²) in [4.78, 5) is 24.3. The monoisotopic (exact) mass is 488 g/mol. The van der Waals surface area contributed by atoms with Gasteiger partial charge >= 0.3 is 0 Å². The second-order valence-corrected chi connectivity index (χ2v) is 6.87. The van der Waals surface area contributed by atoms with Gasteiger partial charge in [0.2, 0.25) is 11.8 Å². The topological polar surface area (TPSA) is 63.4 Å². The summed E-state index contributed by atoms with van der Waals surface area (Å²) >= 11 is 3.96. The molecule has 2 amide bonds. The van der Waals surface area contributed by atoms with Gasteiger partial charge in [-0.2, -0.15) is 0 Å². The van der Waals surface area contributed by atoms with Gasteiger partial charge in [0.05, 0.1) is 8.86 Å². The van der Waals surface area contributed by atoms with Crippen molar-refractivity contribution < 1.29 is 9.59 Å². The summed E-state index contributed by atoms with van der Waals surface area (Å²) in [5.41, 5.74) is 5.36. The van der Waals surface area contributed by atoms with E-state index in [0.717, 1.165) is 11.5 Å². The van der Waals surface area contributed by atoms with Crippen LogP contribution in [0.1, 0.15) is 0 Å². The minimum Gasteiger partial charge on any atom is -0.330 e. The Balaban J connectivity index is 3.93. The number of rotatable bonds is 8. The fourth-order valence-corrected chi connectivity index (χ4v) is 3.46. The largest absolute Gasteiger partial charge is 0.330 e. The number of hydrogen-bond acceptors (Lipinski definition) is 5. The molecule has 0 rings (SSSR count). The van der Waals surface area contributed by atoms with Crippen molar-refractivity contribution in [3.05, 3.63) is 0 Å². The Morgan fingerprint density at radius 3 is 2.00 bits per heavy atom. The van der Waals surface area contributed by atoms with Gasteiger partial charge in [-0.15, -0.1) is 0 Å². The van der Waals surface area contributed by atoms with Crippen molar-refractivity contribution >= 4 is 78.6 Å². The molecule has 0 unspecified atom stereocenters. The summed E-state index contributed by atoms with van der Waals surface area (Å²) in [5, 5.41) is 0. The van der Waals surface area contributed by atoms with Crippen LogP contribution in [-0.2, 0) is 9.59 Å². The van der Waals surface area contributed by atoms with Crippen LogP contribution in [0.4, 0.5) is 0 Å². The molecular formula is C8H14I2N2O2S2. The lowest BCUT2D eigenvalue weighted by Gasteiger charge is -2.18. The highest BCUT2D eigenvalue weighted by atomic mass is 127.